The Bertz CT molecular complexity index is 1620. The van der Waals surface area contributed by atoms with E-state index in [2.05, 4.69) is 4.98 Å². The molecule has 0 radical (unpaired) electrons. The maximum absolute atomic E-state index is 14.8. The van der Waals surface area contributed by atoms with Crippen LogP contribution in [0.25, 0.3) is 38.9 Å². The van der Waals surface area contributed by atoms with Gasteiger partial charge in [0, 0.05) is 34.7 Å². The molecule has 2 aromatic heterocycles. The number of rotatable bonds is 3. The van der Waals surface area contributed by atoms with Gasteiger partial charge in [0.2, 0.25) is 0 Å². The third kappa shape index (κ3) is 3.17. The molecule has 0 atom stereocenters. The Kier molecular flexibility index (Phi) is 4.69. The van der Waals surface area contributed by atoms with Crippen LogP contribution in [-0.2, 0) is 6.42 Å². The second kappa shape index (κ2) is 7.89. The average molecular weight is 445 g/mol. The number of carbonyl (C=O) groups is 1. The van der Waals surface area contributed by atoms with Crippen molar-refractivity contribution in [2.75, 3.05) is 0 Å². The molecular formula is C29H20FN3O. The highest BCUT2D eigenvalue weighted by Crippen LogP contribution is 2.40. The van der Waals surface area contributed by atoms with E-state index in [1.54, 1.807) is 24.4 Å². The van der Waals surface area contributed by atoms with Crippen LogP contribution in [0, 0.1) is 5.82 Å². The quantitative estimate of drug-likeness (QED) is 0.315. The summed E-state index contributed by atoms with van der Waals surface area (Å²) in [5, 5.41) is 5.66. The zero-order chi connectivity index (χ0) is 23.2. The molecule has 6 rings (SSSR count). The molecule has 5 heteroatoms. The molecule has 1 aliphatic heterocycles. The summed E-state index contributed by atoms with van der Waals surface area (Å²) in [6.07, 6.45) is 2.29. The molecule has 3 aromatic carbocycles. The molecular weight excluding hydrogens is 425 g/mol. The fourth-order valence-electron chi connectivity index (χ4n) is 4.76. The number of fused-ring (bicyclic) bond motifs is 2. The minimum absolute atomic E-state index is 0.207. The topological polar surface area (TPSA) is 47.8 Å². The Morgan fingerprint density at radius 2 is 1.68 bits per heavy atom. The summed E-state index contributed by atoms with van der Waals surface area (Å²) in [6.45, 7) is 1.98. The molecule has 34 heavy (non-hydrogen) atoms. The summed E-state index contributed by atoms with van der Waals surface area (Å²) in [4.78, 5) is 18.2. The summed E-state index contributed by atoms with van der Waals surface area (Å²) in [5.41, 5.74) is 6.62. The Balaban J connectivity index is 1.56. The third-order valence-electron chi connectivity index (χ3n) is 6.33. The number of allylic oxidation sites excluding steroid dienone is 2. The molecule has 0 bridgehead atoms. The Morgan fingerprint density at radius 1 is 0.882 bits per heavy atom. The molecule has 0 unspecified atom stereocenters. The van der Waals surface area contributed by atoms with Crippen LogP contribution in [-0.4, -0.2) is 20.7 Å². The number of halogens is 1. The molecule has 3 heterocycles. The van der Waals surface area contributed by atoms with E-state index in [1.165, 1.54) is 10.7 Å². The first kappa shape index (κ1) is 20.2. The van der Waals surface area contributed by atoms with Crippen molar-refractivity contribution < 1.29 is 9.18 Å². The van der Waals surface area contributed by atoms with E-state index < -0.39 is 0 Å². The third-order valence-corrected chi connectivity index (χ3v) is 6.33. The normalized spacial score (nSPS) is 13.4. The average Bonchev–Trinajstić information content (AvgIpc) is 3.24. The van der Waals surface area contributed by atoms with Crippen LogP contribution < -0.4 is 0 Å². The van der Waals surface area contributed by atoms with E-state index in [1.807, 2.05) is 67.6 Å². The van der Waals surface area contributed by atoms with Gasteiger partial charge in [-0.1, -0.05) is 60.2 Å². The monoisotopic (exact) mass is 445 g/mol. The van der Waals surface area contributed by atoms with Crippen LogP contribution in [0.15, 0.2) is 96.7 Å². The molecule has 164 valence electrons. The number of hydrogen-bond acceptors (Lipinski definition) is 3. The minimum atomic E-state index is -0.366. The first-order valence-electron chi connectivity index (χ1n) is 11.1. The van der Waals surface area contributed by atoms with Gasteiger partial charge < -0.3 is 0 Å². The maximum Gasteiger partial charge on any atom is 0.279 e. The standard InChI is InChI=1S/C29H20FN3O/c1-18-16-25-27(19-8-3-2-4-9-19)28(22-11-5-6-12-23(22)30)32-33(25)29(34)26(18)21-13-14-24-20(17-21)10-7-15-31-24/h2-15,17H,16H2,1H3. The van der Waals surface area contributed by atoms with Crippen molar-refractivity contribution in [2.45, 2.75) is 13.3 Å². The summed E-state index contributed by atoms with van der Waals surface area (Å²) in [7, 11) is 0. The lowest BCUT2D eigenvalue weighted by atomic mass is 9.90. The second-order valence-electron chi connectivity index (χ2n) is 8.48. The van der Waals surface area contributed by atoms with Crippen LogP contribution in [0.5, 0.6) is 0 Å². The highest BCUT2D eigenvalue weighted by atomic mass is 19.1. The highest BCUT2D eigenvalue weighted by Gasteiger charge is 2.32. The van der Waals surface area contributed by atoms with Crippen LogP contribution in [0.4, 0.5) is 4.39 Å². The van der Waals surface area contributed by atoms with Crippen molar-refractivity contribution in [3.8, 4) is 22.4 Å². The van der Waals surface area contributed by atoms with Crippen molar-refractivity contribution in [1.29, 1.82) is 0 Å². The van der Waals surface area contributed by atoms with Gasteiger partial charge in [0.05, 0.1) is 11.2 Å². The molecule has 0 fully saturated rings. The Labute approximate surface area is 196 Å². The lowest BCUT2D eigenvalue weighted by molar-refractivity contribution is 0.0958. The SMILES string of the molecule is CC1=C(c2ccc3ncccc3c2)C(=O)n2nc(-c3ccccc3F)c(-c3ccccc3)c2C1. The van der Waals surface area contributed by atoms with Crippen molar-refractivity contribution in [2.24, 2.45) is 0 Å². The number of benzene rings is 3. The first-order valence-corrected chi connectivity index (χ1v) is 11.1. The fraction of sp³-hybridized carbons (Fsp3) is 0.0690. The van der Waals surface area contributed by atoms with Gasteiger partial charge in [-0.05, 0) is 48.4 Å². The Morgan fingerprint density at radius 3 is 2.50 bits per heavy atom. The van der Waals surface area contributed by atoms with E-state index in [4.69, 9.17) is 5.10 Å². The van der Waals surface area contributed by atoms with Crippen LogP contribution in [0.3, 0.4) is 0 Å². The molecule has 0 N–H and O–H groups in total. The van der Waals surface area contributed by atoms with E-state index in [-0.39, 0.29) is 11.7 Å². The predicted molar refractivity (Wildman–Crippen MR) is 132 cm³/mol. The van der Waals surface area contributed by atoms with Crippen LogP contribution in [0.1, 0.15) is 23.0 Å². The van der Waals surface area contributed by atoms with Gasteiger partial charge in [0.15, 0.2) is 0 Å². The predicted octanol–water partition coefficient (Wildman–Crippen LogP) is 6.57. The van der Waals surface area contributed by atoms with Gasteiger partial charge >= 0.3 is 0 Å². The zero-order valence-corrected chi connectivity index (χ0v) is 18.5. The molecule has 0 aliphatic carbocycles. The molecule has 1 aliphatic rings. The summed E-state index contributed by atoms with van der Waals surface area (Å²) in [6, 6.07) is 26.0. The van der Waals surface area contributed by atoms with E-state index in [9.17, 15) is 9.18 Å². The van der Waals surface area contributed by atoms with Gasteiger partial charge in [-0.2, -0.15) is 9.78 Å². The van der Waals surface area contributed by atoms with Crippen molar-refractivity contribution in [3.05, 3.63) is 114 Å². The lowest BCUT2D eigenvalue weighted by Crippen LogP contribution is -2.23. The van der Waals surface area contributed by atoms with Crippen molar-refractivity contribution in [1.82, 2.24) is 14.8 Å². The molecule has 5 aromatic rings. The highest BCUT2D eigenvalue weighted by molar-refractivity contribution is 6.23. The van der Waals surface area contributed by atoms with Crippen molar-refractivity contribution in [3.63, 3.8) is 0 Å². The number of pyridine rings is 1. The van der Waals surface area contributed by atoms with Gasteiger partial charge in [-0.3, -0.25) is 9.78 Å². The number of carbonyl (C=O) groups excluding carboxylic acids is 1. The lowest BCUT2D eigenvalue weighted by Gasteiger charge is -2.20. The van der Waals surface area contributed by atoms with E-state index >= 15 is 0 Å². The molecule has 4 nitrogen and oxygen atoms in total. The van der Waals surface area contributed by atoms with Gasteiger partial charge in [0.25, 0.3) is 5.91 Å². The number of nitrogens with zero attached hydrogens (tertiary/aromatic N) is 3. The van der Waals surface area contributed by atoms with Crippen molar-refractivity contribution >= 4 is 22.4 Å². The van der Waals surface area contributed by atoms with E-state index in [0.717, 1.165) is 38.9 Å². The van der Waals surface area contributed by atoms with E-state index in [0.29, 0.717) is 23.3 Å². The second-order valence-corrected chi connectivity index (χ2v) is 8.48. The summed E-state index contributed by atoms with van der Waals surface area (Å²) >= 11 is 0. The zero-order valence-electron chi connectivity index (χ0n) is 18.5. The number of aromatic nitrogens is 3. The molecule has 0 amide bonds. The Hall–Kier alpha value is -4.38. The largest absolute Gasteiger partial charge is 0.279 e. The number of hydrogen-bond donors (Lipinski definition) is 0. The van der Waals surface area contributed by atoms with Gasteiger partial charge in [-0.15, -0.1) is 0 Å². The van der Waals surface area contributed by atoms with Crippen LogP contribution in [0.2, 0.25) is 0 Å². The maximum atomic E-state index is 14.8. The first-order chi connectivity index (χ1) is 16.6. The fourth-order valence-corrected chi connectivity index (χ4v) is 4.76. The molecule has 0 spiro atoms. The minimum Gasteiger partial charge on any atom is -0.267 e. The molecule has 0 saturated heterocycles. The summed E-state index contributed by atoms with van der Waals surface area (Å²) in [5.74, 6) is -0.573. The van der Waals surface area contributed by atoms with Gasteiger partial charge in [-0.25, -0.2) is 4.39 Å². The smallest absolute Gasteiger partial charge is 0.267 e. The van der Waals surface area contributed by atoms with Gasteiger partial charge in [0.1, 0.15) is 11.5 Å². The van der Waals surface area contributed by atoms with Crippen LogP contribution >= 0.6 is 0 Å². The summed E-state index contributed by atoms with van der Waals surface area (Å²) < 4.78 is 16.3. The molecule has 0 saturated carbocycles.